The summed E-state index contributed by atoms with van der Waals surface area (Å²) >= 11 is 0. The average Bonchev–Trinajstić information content (AvgIpc) is 3.08. The van der Waals surface area contributed by atoms with Crippen molar-refractivity contribution in [2.75, 3.05) is 18.6 Å². The highest BCUT2D eigenvalue weighted by Crippen LogP contribution is 2.48. The average molecular weight is 528 g/mol. The molecular weight excluding hydrogens is 488 g/mol. The summed E-state index contributed by atoms with van der Waals surface area (Å²) in [4.78, 5) is 14.1. The fraction of sp³-hybridized carbons (Fsp3) is 0.448. The standard InChI is InChI=1S/C29H38N2O5S/c1-6-8-9-10-11-19-31-26-18-17-24(37(33,34)35)20-25(26)29(3,4)27(31)14-12-13-23-16-15-22(28(32)36-5)21-30(23)7-2/h12-18,20-21H,6-11,19H2,1-5H3/p+1. The molecule has 0 bridgehead atoms. The van der Waals surface area contributed by atoms with Crippen LogP contribution >= 0.6 is 0 Å². The number of allylic oxidation sites excluding steroid dienone is 3. The van der Waals surface area contributed by atoms with Crippen molar-refractivity contribution < 1.29 is 27.1 Å². The van der Waals surface area contributed by atoms with Crippen molar-refractivity contribution in [3.8, 4) is 0 Å². The Morgan fingerprint density at radius 3 is 2.49 bits per heavy atom. The molecule has 1 N–H and O–H groups in total. The van der Waals surface area contributed by atoms with E-state index < -0.39 is 15.5 Å². The maximum atomic E-state index is 11.9. The lowest BCUT2D eigenvalue weighted by Gasteiger charge is -2.27. The van der Waals surface area contributed by atoms with Crippen molar-refractivity contribution in [1.29, 1.82) is 0 Å². The van der Waals surface area contributed by atoms with Gasteiger partial charge in [-0.25, -0.2) is 4.79 Å². The van der Waals surface area contributed by atoms with Gasteiger partial charge in [-0.3, -0.25) is 4.55 Å². The third-order valence-electron chi connectivity index (χ3n) is 6.99. The summed E-state index contributed by atoms with van der Waals surface area (Å²) in [5.74, 6) is -0.371. The van der Waals surface area contributed by atoms with Gasteiger partial charge in [0, 0.05) is 35.5 Å². The van der Waals surface area contributed by atoms with E-state index in [4.69, 9.17) is 4.74 Å². The molecule has 0 saturated carbocycles. The van der Waals surface area contributed by atoms with Gasteiger partial charge in [0.2, 0.25) is 5.69 Å². The Bertz CT molecular complexity index is 1300. The van der Waals surface area contributed by atoms with Crippen LogP contribution in [-0.2, 0) is 26.8 Å². The number of anilines is 1. The number of hydrogen-bond donors (Lipinski definition) is 1. The highest BCUT2D eigenvalue weighted by Gasteiger charge is 2.40. The number of fused-ring (bicyclic) bond motifs is 1. The normalized spacial score (nSPS) is 15.9. The topological polar surface area (TPSA) is 87.8 Å². The molecule has 7 nitrogen and oxygen atoms in total. The molecule has 1 aromatic heterocycles. The summed E-state index contributed by atoms with van der Waals surface area (Å²) in [6.45, 7) is 9.89. The second-order valence-corrected chi connectivity index (χ2v) is 11.3. The molecule has 0 atom stereocenters. The monoisotopic (exact) mass is 527 g/mol. The summed E-state index contributed by atoms with van der Waals surface area (Å²) in [5, 5.41) is 0. The smallest absolute Gasteiger partial charge is 0.343 e. The van der Waals surface area contributed by atoms with E-state index in [-0.39, 0.29) is 10.9 Å². The van der Waals surface area contributed by atoms with E-state index in [1.807, 2.05) is 29.7 Å². The van der Waals surface area contributed by atoms with Crippen LogP contribution < -0.4 is 9.47 Å². The second-order valence-electron chi connectivity index (χ2n) is 9.88. The summed E-state index contributed by atoms with van der Waals surface area (Å²) < 4.78 is 40.1. The Morgan fingerprint density at radius 2 is 1.84 bits per heavy atom. The molecule has 0 unspecified atom stereocenters. The minimum absolute atomic E-state index is 0.0892. The summed E-state index contributed by atoms with van der Waals surface area (Å²) in [5.41, 5.74) is 3.90. The minimum Gasteiger partial charge on any atom is -0.465 e. The molecule has 8 heteroatoms. The van der Waals surface area contributed by atoms with Crippen LogP contribution in [0.2, 0.25) is 0 Å². The number of esters is 1. The predicted molar refractivity (Wildman–Crippen MR) is 146 cm³/mol. The molecule has 37 heavy (non-hydrogen) atoms. The first-order valence-electron chi connectivity index (χ1n) is 12.9. The Balaban J connectivity index is 1.97. The van der Waals surface area contributed by atoms with Crippen LogP contribution in [0.3, 0.4) is 0 Å². The highest BCUT2D eigenvalue weighted by atomic mass is 32.2. The SMILES string of the molecule is CCCCCCCN1C(=CC=Cc2ccc(C(=O)OC)c[n+]2CC)C(C)(C)c2cc(S(=O)(=O)O)ccc21. The molecule has 0 spiro atoms. The van der Waals surface area contributed by atoms with Crippen molar-refractivity contribution in [1.82, 2.24) is 0 Å². The minimum atomic E-state index is -4.30. The quantitative estimate of drug-likeness (QED) is 0.175. The summed E-state index contributed by atoms with van der Waals surface area (Å²) in [6, 6.07) is 8.51. The second kappa shape index (κ2) is 12.0. The molecule has 0 saturated heterocycles. The van der Waals surface area contributed by atoms with Gasteiger partial charge in [-0.05, 0) is 49.2 Å². The lowest BCUT2D eigenvalue weighted by molar-refractivity contribution is -0.695. The van der Waals surface area contributed by atoms with Crippen molar-refractivity contribution in [3.05, 3.63) is 71.2 Å². The van der Waals surface area contributed by atoms with E-state index in [1.54, 1.807) is 24.4 Å². The van der Waals surface area contributed by atoms with Gasteiger partial charge in [0.25, 0.3) is 10.1 Å². The molecule has 1 aliphatic rings. The predicted octanol–water partition coefficient (Wildman–Crippen LogP) is 5.69. The Kier molecular flexibility index (Phi) is 9.31. The fourth-order valence-corrected chi connectivity index (χ4v) is 5.39. The number of benzene rings is 1. The van der Waals surface area contributed by atoms with E-state index in [0.717, 1.165) is 42.0 Å². The molecule has 3 rings (SSSR count). The third kappa shape index (κ3) is 6.48. The van der Waals surface area contributed by atoms with Gasteiger partial charge in [0.05, 0.1) is 12.0 Å². The van der Waals surface area contributed by atoms with Gasteiger partial charge in [0.1, 0.15) is 12.1 Å². The van der Waals surface area contributed by atoms with Crippen molar-refractivity contribution >= 4 is 27.9 Å². The van der Waals surface area contributed by atoms with Crippen molar-refractivity contribution in [2.45, 2.75) is 76.7 Å². The number of unbranched alkanes of at least 4 members (excludes halogenated alkanes) is 4. The lowest BCUT2D eigenvalue weighted by atomic mass is 9.83. The van der Waals surface area contributed by atoms with Crippen molar-refractivity contribution in [3.63, 3.8) is 0 Å². The zero-order valence-electron chi connectivity index (χ0n) is 22.5. The van der Waals surface area contributed by atoms with Crippen LogP contribution in [0.1, 0.15) is 81.4 Å². The number of methoxy groups -OCH3 is 1. The molecule has 0 fully saturated rings. The first-order valence-corrected chi connectivity index (χ1v) is 14.4. The van der Waals surface area contributed by atoms with Crippen LogP contribution in [-0.4, -0.2) is 32.6 Å². The van der Waals surface area contributed by atoms with E-state index in [1.165, 1.54) is 32.4 Å². The molecule has 0 amide bonds. The third-order valence-corrected chi connectivity index (χ3v) is 7.84. The highest BCUT2D eigenvalue weighted by molar-refractivity contribution is 7.85. The van der Waals surface area contributed by atoms with Gasteiger partial charge in [0.15, 0.2) is 6.20 Å². The van der Waals surface area contributed by atoms with Gasteiger partial charge in [-0.1, -0.05) is 52.5 Å². The first kappa shape index (κ1) is 28.6. The Morgan fingerprint density at radius 1 is 1.11 bits per heavy atom. The maximum Gasteiger partial charge on any atom is 0.343 e. The summed E-state index contributed by atoms with van der Waals surface area (Å²) in [7, 11) is -2.93. The number of pyridine rings is 1. The number of aryl methyl sites for hydroxylation is 1. The van der Waals surface area contributed by atoms with Crippen LogP contribution in [0.15, 0.2) is 59.3 Å². The van der Waals surface area contributed by atoms with Crippen molar-refractivity contribution in [2.24, 2.45) is 0 Å². The largest absolute Gasteiger partial charge is 0.465 e. The molecular formula is C29H39N2O5S+. The van der Waals surface area contributed by atoms with Gasteiger partial charge in [-0.2, -0.15) is 13.0 Å². The number of carbonyl (C=O) groups excluding carboxylic acids is 1. The van der Waals surface area contributed by atoms with E-state index in [0.29, 0.717) is 12.1 Å². The van der Waals surface area contributed by atoms with Crippen LogP contribution in [0.5, 0.6) is 0 Å². The van der Waals surface area contributed by atoms with E-state index >= 15 is 0 Å². The first-order chi connectivity index (χ1) is 17.5. The Labute approximate surface area is 221 Å². The molecule has 2 aromatic rings. The number of aromatic nitrogens is 1. The van der Waals surface area contributed by atoms with E-state index in [2.05, 4.69) is 31.7 Å². The number of hydrogen-bond acceptors (Lipinski definition) is 5. The molecule has 1 aliphatic heterocycles. The lowest BCUT2D eigenvalue weighted by Crippen LogP contribution is -2.36. The molecule has 200 valence electrons. The molecule has 1 aromatic carbocycles. The zero-order valence-corrected chi connectivity index (χ0v) is 23.3. The van der Waals surface area contributed by atoms with E-state index in [9.17, 15) is 17.8 Å². The zero-order chi connectivity index (χ0) is 27.2. The van der Waals surface area contributed by atoms with Crippen LogP contribution in [0.25, 0.3) is 6.08 Å². The van der Waals surface area contributed by atoms with Crippen LogP contribution in [0, 0.1) is 0 Å². The number of carbonyl (C=O) groups is 1. The van der Waals surface area contributed by atoms with Gasteiger partial charge < -0.3 is 9.64 Å². The van der Waals surface area contributed by atoms with Crippen LogP contribution in [0.4, 0.5) is 5.69 Å². The fourth-order valence-electron chi connectivity index (χ4n) is 4.89. The number of rotatable bonds is 11. The molecule has 0 radical (unpaired) electrons. The maximum absolute atomic E-state index is 11.9. The summed E-state index contributed by atoms with van der Waals surface area (Å²) in [6.07, 6.45) is 13.6. The Hall–Kier alpha value is -2.97. The van der Waals surface area contributed by atoms with Gasteiger partial charge in [-0.15, -0.1) is 0 Å². The molecule has 0 aliphatic carbocycles. The van der Waals surface area contributed by atoms with Gasteiger partial charge >= 0.3 is 5.97 Å². The number of nitrogens with zero attached hydrogens (tertiary/aromatic N) is 2. The number of ether oxygens (including phenoxy) is 1. The molecule has 2 heterocycles.